The molecule has 1 aliphatic heterocycles. The van der Waals surface area contributed by atoms with Crippen molar-refractivity contribution in [2.75, 3.05) is 6.54 Å². The molecule has 0 spiro atoms. The Morgan fingerprint density at radius 2 is 2.36 bits per heavy atom. The fourth-order valence-electron chi connectivity index (χ4n) is 1.22. The number of amides is 2. The molecule has 5 nitrogen and oxygen atoms in total. The minimum Gasteiger partial charge on any atom is -0.355 e. The molecule has 0 bridgehead atoms. The van der Waals surface area contributed by atoms with Gasteiger partial charge in [-0.05, 0) is 12.3 Å². The molecule has 0 aromatic rings. The van der Waals surface area contributed by atoms with Gasteiger partial charge in [-0.1, -0.05) is 13.8 Å². The lowest BCUT2D eigenvalue weighted by molar-refractivity contribution is -0.124. The summed E-state index contributed by atoms with van der Waals surface area (Å²) in [4.78, 5) is 22.2. The fourth-order valence-corrected chi connectivity index (χ4v) is 1.22. The highest BCUT2D eigenvalue weighted by Crippen LogP contribution is 1.99. The van der Waals surface area contributed by atoms with Gasteiger partial charge in [0, 0.05) is 6.54 Å². The predicted octanol–water partition coefficient (Wildman–Crippen LogP) is -0.458. The molecule has 0 aromatic heterocycles. The van der Waals surface area contributed by atoms with E-state index in [1.165, 1.54) is 0 Å². The van der Waals surface area contributed by atoms with Crippen molar-refractivity contribution in [2.45, 2.75) is 32.7 Å². The molecule has 1 rings (SSSR count). The van der Waals surface area contributed by atoms with Crippen LogP contribution in [0.25, 0.3) is 0 Å². The summed E-state index contributed by atoms with van der Waals surface area (Å²) >= 11 is 0. The Morgan fingerprint density at radius 1 is 1.64 bits per heavy atom. The number of hydrazine groups is 1. The van der Waals surface area contributed by atoms with Crippen molar-refractivity contribution in [3.8, 4) is 0 Å². The third-order valence-corrected chi connectivity index (χ3v) is 2.11. The molecule has 0 saturated carbocycles. The van der Waals surface area contributed by atoms with Crippen molar-refractivity contribution in [3.63, 3.8) is 0 Å². The number of nitrogens with one attached hydrogen (secondary N) is 3. The van der Waals surface area contributed by atoms with Gasteiger partial charge < -0.3 is 5.32 Å². The molecule has 0 radical (unpaired) electrons. The molecule has 2 amide bonds. The Hall–Kier alpha value is -1.10. The standard InChI is InChI=1S/C9H17N3O2/c1-6(2)3-4-10-9(14)7-5-8(13)12-11-7/h6-7,11H,3-5H2,1-2H3,(H,10,14)(H,12,13). The van der Waals surface area contributed by atoms with Crippen LogP contribution in [0.15, 0.2) is 0 Å². The van der Waals surface area contributed by atoms with Crippen LogP contribution in [-0.4, -0.2) is 24.4 Å². The van der Waals surface area contributed by atoms with Crippen LogP contribution in [0, 0.1) is 5.92 Å². The second-order valence-corrected chi connectivity index (χ2v) is 3.92. The van der Waals surface area contributed by atoms with Gasteiger partial charge in [0.2, 0.25) is 11.8 Å². The second kappa shape index (κ2) is 4.95. The minimum absolute atomic E-state index is 0.107. The lowest BCUT2D eigenvalue weighted by atomic mass is 10.1. The number of hydrogen-bond acceptors (Lipinski definition) is 3. The Kier molecular flexibility index (Phi) is 3.88. The maximum atomic E-state index is 11.4. The summed E-state index contributed by atoms with van der Waals surface area (Å²) < 4.78 is 0. The quantitative estimate of drug-likeness (QED) is 0.574. The van der Waals surface area contributed by atoms with E-state index in [0.717, 1.165) is 6.42 Å². The van der Waals surface area contributed by atoms with Crippen molar-refractivity contribution in [3.05, 3.63) is 0 Å². The van der Waals surface area contributed by atoms with Crippen molar-refractivity contribution in [1.29, 1.82) is 0 Å². The zero-order valence-corrected chi connectivity index (χ0v) is 8.59. The summed E-state index contributed by atoms with van der Waals surface area (Å²) in [6.07, 6.45) is 1.19. The van der Waals surface area contributed by atoms with E-state index in [1.54, 1.807) is 0 Å². The summed E-state index contributed by atoms with van der Waals surface area (Å²) in [5.74, 6) is 0.338. The molecule has 1 atom stereocenters. The van der Waals surface area contributed by atoms with Crippen LogP contribution in [-0.2, 0) is 9.59 Å². The highest BCUT2D eigenvalue weighted by molar-refractivity contribution is 5.90. The third kappa shape index (κ3) is 3.33. The molecule has 0 aliphatic carbocycles. The Balaban J connectivity index is 2.18. The maximum absolute atomic E-state index is 11.4. The summed E-state index contributed by atoms with van der Waals surface area (Å²) in [6, 6.07) is -0.408. The molecule has 1 aliphatic rings. The van der Waals surface area contributed by atoms with Gasteiger partial charge in [-0.2, -0.15) is 0 Å². The largest absolute Gasteiger partial charge is 0.355 e. The van der Waals surface area contributed by atoms with Crippen molar-refractivity contribution < 1.29 is 9.59 Å². The lowest BCUT2D eigenvalue weighted by Gasteiger charge is -2.10. The average Bonchev–Trinajstić information content (AvgIpc) is 2.51. The molecule has 5 heteroatoms. The topological polar surface area (TPSA) is 70.2 Å². The molecule has 14 heavy (non-hydrogen) atoms. The van der Waals surface area contributed by atoms with Gasteiger partial charge >= 0.3 is 0 Å². The number of carbonyl (C=O) groups is 2. The van der Waals surface area contributed by atoms with Gasteiger partial charge in [-0.15, -0.1) is 0 Å². The molecule has 80 valence electrons. The summed E-state index contributed by atoms with van der Waals surface area (Å²) in [7, 11) is 0. The van der Waals surface area contributed by atoms with Gasteiger partial charge in [0.25, 0.3) is 0 Å². The molecule has 1 fully saturated rings. The third-order valence-electron chi connectivity index (χ3n) is 2.11. The van der Waals surface area contributed by atoms with E-state index < -0.39 is 6.04 Å². The summed E-state index contributed by atoms with van der Waals surface area (Å²) in [6.45, 7) is 4.87. The Labute approximate surface area is 83.6 Å². The van der Waals surface area contributed by atoms with Crippen molar-refractivity contribution in [1.82, 2.24) is 16.2 Å². The molecule has 1 unspecified atom stereocenters. The van der Waals surface area contributed by atoms with Crippen LogP contribution in [0.1, 0.15) is 26.7 Å². The zero-order chi connectivity index (χ0) is 10.6. The zero-order valence-electron chi connectivity index (χ0n) is 8.59. The van der Waals surface area contributed by atoms with E-state index in [4.69, 9.17) is 0 Å². The first-order chi connectivity index (χ1) is 6.59. The van der Waals surface area contributed by atoms with Gasteiger partial charge in [0.15, 0.2) is 0 Å². The monoisotopic (exact) mass is 199 g/mol. The van der Waals surface area contributed by atoms with E-state index in [-0.39, 0.29) is 18.2 Å². The van der Waals surface area contributed by atoms with E-state index in [2.05, 4.69) is 30.0 Å². The minimum atomic E-state index is -0.408. The van der Waals surface area contributed by atoms with E-state index in [0.29, 0.717) is 12.5 Å². The first kappa shape index (κ1) is 11.0. The first-order valence-electron chi connectivity index (χ1n) is 4.91. The van der Waals surface area contributed by atoms with Crippen molar-refractivity contribution in [2.24, 2.45) is 5.92 Å². The van der Waals surface area contributed by atoms with E-state index in [1.807, 2.05) is 0 Å². The van der Waals surface area contributed by atoms with Crippen LogP contribution in [0.2, 0.25) is 0 Å². The van der Waals surface area contributed by atoms with Crippen LogP contribution in [0.5, 0.6) is 0 Å². The Bertz CT molecular complexity index is 228. The Morgan fingerprint density at radius 3 is 2.86 bits per heavy atom. The van der Waals surface area contributed by atoms with Crippen LogP contribution >= 0.6 is 0 Å². The van der Waals surface area contributed by atoms with Gasteiger partial charge in [-0.3, -0.25) is 15.0 Å². The van der Waals surface area contributed by atoms with Gasteiger partial charge in [0.1, 0.15) is 6.04 Å². The normalized spacial score (nSPS) is 21.1. The number of carbonyl (C=O) groups excluding carboxylic acids is 2. The second-order valence-electron chi connectivity index (χ2n) is 3.92. The van der Waals surface area contributed by atoms with Gasteiger partial charge in [0.05, 0.1) is 6.42 Å². The molecular formula is C9H17N3O2. The highest BCUT2D eigenvalue weighted by Gasteiger charge is 2.26. The predicted molar refractivity (Wildman–Crippen MR) is 52.1 cm³/mol. The fraction of sp³-hybridized carbons (Fsp3) is 0.778. The number of rotatable bonds is 4. The maximum Gasteiger partial charge on any atom is 0.239 e. The molecule has 0 aromatic carbocycles. The average molecular weight is 199 g/mol. The van der Waals surface area contributed by atoms with E-state index in [9.17, 15) is 9.59 Å². The van der Waals surface area contributed by atoms with Crippen LogP contribution in [0.4, 0.5) is 0 Å². The molecule has 3 N–H and O–H groups in total. The van der Waals surface area contributed by atoms with Crippen molar-refractivity contribution >= 4 is 11.8 Å². The van der Waals surface area contributed by atoms with E-state index >= 15 is 0 Å². The highest BCUT2D eigenvalue weighted by atomic mass is 16.2. The van der Waals surface area contributed by atoms with Crippen LogP contribution in [0.3, 0.4) is 0 Å². The van der Waals surface area contributed by atoms with Crippen LogP contribution < -0.4 is 16.2 Å². The van der Waals surface area contributed by atoms with Gasteiger partial charge in [-0.25, -0.2) is 5.43 Å². The smallest absolute Gasteiger partial charge is 0.239 e. The SMILES string of the molecule is CC(C)CCNC(=O)C1CC(=O)NN1. The molecule has 1 saturated heterocycles. The summed E-state index contributed by atoms with van der Waals surface area (Å²) in [5.41, 5.74) is 5.03. The summed E-state index contributed by atoms with van der Waals surface area (Å²) in [5, 5.41) is 2.78. The first-order valence-corrected chi connectivity index (χ1v) is 4.91. The lowest BCUT2D eigenvalue weighted by Crippen LogP contribution is -2.43. The molecular weight excluding hydrogens is 182 g/mol. The number of hydrogen-bond donors (Lipinski definition) is 3. The molecule has 1 heterocycles.